The molecule has 2 aromatic carbocycles. The SMILES string of the molecule is COc1cc(-c2nccc(-c3cccc(NC(=O)c4nc5c(n4C)CCN(C4CCN(C(C)=O)CC4)C5)c3Cl)c2Cl)cc(F)c1CNC[C@H]1CCC(=O)N1. The number of fused-ring (bicyclic) bond motifs is 1. The Labute approximate surface area is 323 Å². The quantitative estimate of drug-likeness (QED) is 0.190. The van der Waals surface area contributed by atoms with Gasteiger partial charge in [0.15, 0.2) is 5.82 Å². The lowest BCUT2D eigenvalue weighted by molar-refractivity contribution is -0.130. The summed E-state index contributed by atoms with van der Waals surface area (Å²) in [7, 11) is 3.33. The molecule has 0 aliphatic carbocycles. The van der Waals surface area contributed by atoms with Gasteiger partial charge in [0.2, 0.25) is 11.8 Å². The third kappa shape index (κ3) is 7.68. The number of amides is 3. The zero-order chi connectivity index (χ0) is 38.1. The Morgan fingerprint density at radius 1 is 1.06 bits per heavy atom. The van der Waals surface area contributed by atoms with Crippen molar-refractivity contribution in [3.8, 4) is 28.1 Å². The molecule has 3 amide bonds. The van der Waals surface area contributed by atoms with Crippen molar-refractivity contribution in [1.82, 2.24) is 35.0 Å². The molecule has 4 aromatic rings. The number of aromatic nitrogens is 3. The molecule has 1 atom stereocenters. The van der Waals surface area contributed by atoms with E-state index in [2.05, 4.69) is 25.8 Å². The summed E-state index contributed by atoms with van der Waals surface area (Å²) in [6.07, 6.45) is 5.42. The van der Waals surface area contributed by atoms with Crippen LogP contribution in [-0.2, 0) is 36.1 Å². The van der Waals surface area contributed by atoms with E-state index in [0.717, 1.165) is 56.7 Å². The Morgan fingerprint density at radius 2 is 1.83 bits per heavy atom. The van der Waals surface area contributed by atoms with Crippen molar-refractivity contribution in [1.29, 1.82) is 0 Å². The van der Waals surface area contributed by atoms with Crippen LogP contribution < -0.4 is 20.7 Å². The summed E-state index contributed by atoms with van der Waals surface area (Å²) >= 11 is 13.9. The Kier molecular flexibility index (Phi) is 11.2. The van der Waals surface area contributed by atoms with Crippen LogP contribution in [0.3, 0.4) is 0 Å². The van der Waals surface area contributed by atoms with Crippen molar-refractivity contribution < 1.29 is 23.5 Å². The molecule has 54 heavy (non-hydrogen) atoms. The summed E-state index contributed by atoms with van der Waals surface area (Å²) in [5, 5.41) is 9.58. The Balaban J connectivity index is 1.07. The zero-order valence-electron chi connectivity index (χ0n) is 30.5. The van der Waals surface area contributed by atoms with Crippen molar-refractivity contribution >= 4 is 46.6 Å². The number of anilines is 1. The lowest BCUT2D eigenvalue weighted by Crippen LogP contribution is -2.47. The summed E-state index contributed by atoms with van der Waals surface area (Å²) in [5.74, 6) is -0.117. The highest BCUT2D eigenvalue weighted by Gasteiger charge is 2.32. The third-order valence-electron chi connectivity index (χ3n) is 10.8. The average Bonchev–Trinajstić information content (AvgIpc) is 3.74. The van der Waals surface area contributed by atoms with Gasteiger partial charge in [0.25, 0.3) is 5.91 Å². The fourth-order valence-electron chi connectivity index (χ4n) is 7.78. The normalized spacial score (nSPS) is 17.7. The molecule has 0 radical (unpaired) electrons. The minimum absolute atomic E-state index is 0.0108. The van der Waals surface area contributed by atoms with Crippen molar-refractivity contribution in [2.45, 2.75) is 64.2 Å². The van der Waals surface area contributed by atoms with Crippen LogP contribution in [0, 0.1) is 5.82 Å². The molecule has 2 fully saturated rings. The van der Waals surface area contributed by atoms with Gasteiger partial charge in [0, 0.05) is 112 Å². The van der Waals surface area contributed by atoms with E-state index < -0.39 is 5.82 Å². The summed E-state index contributed by atoms with van der Waals surface area (Å²) in [6, 6.07) is 10.4. The largest absolute Gasteiger partial charge is 0.496 e. The fraction of sp³-hybridized carbons (Fsp3) is 0.410. The zero-order valence-corrected chi connectivity index (χ0v) is 32.0. The van der Waals surface area contributed by atoms with Gasteiger partial charge in [-0.2, -0.15) is 0 Å². The lowest BCUT2D eigenvalue weighted by Gasteiger charge is -2.39. The number of nitrogens with zero attached hydrogens (tertiary/aromatic N) is 5. The third-order valence-corrected chi connectivity index (χ3v) is 11.6. The number of imidazole rings is 1. The molecule has 3 aliphatic heterocycles. The van der Waals surface area contributed by atoms with E-state index in [1.54, 1.807) is 43.5 Å². The minimum atomic E-state index is -0.489. The lowest BCUT2D eigenvalue weighted by atomic mass is 10.00. The number of hydrogen-bond donors (Lipinski definition) is 3. The van der Waals surface area contributed by atoms with Crippen LogP contribution in [0.25, 0.3) is 22.4 Å². The van der Waals surface area contributed by atoms with Gasteiger partial charge in [0.05, 0.1) is 34.2 Å². The first-order valence-electron chi connectivity index (χ1n) is 18.2. The monoisotopic (exact) mass is 776 g/mol. The van der Waals surface area contributed by atoms with Gasteiger partial charge >= 0.3 is 0 Å². The molecule has 0 bridgehead atoms. The van der Waals surface area contributed by atoms with Gasteiger partial charge in [-0.1, -0.05) is 35.3 Å². The topological polar surface area (TPSA) is 134 Å². The second-order valence-electron chi connectivity index (χ2n) is 14.1. The van der Waals surface area contributed by atoms with Gasteiger partial charge < -0.3 is 30.2 Å². The predicted octanol–water partition coefficient (Wildman–Crippen LogP) is 5.59. The molecule has 7 rings (SSSR count). The minimum Gasteiger partial charge on any atom is -0.496 e. The van der Waals surface area contributed by atoms with E-state index >= 15 is 4.39 Å². The van der Waals surface area contributed by atoms with Crippen molar-refractivity contribution in [2.75, 3.05) is 38.6 Å². The molecule has 15 heteroatoms. The second-order valence-corrected chi connectivity index (χ2v) is 14.8. The number of likely N-dealkylation sites (tertiary alicyclic amines) is 1. The van der Waals surface area contributed by atoms with Gasteiger partial charge in [-0.05, 0) is 43.5 Å². The molecule has 5 heterocycles. The van der Waals surface area contributed by atoms with E-state index in [4.69, 9.17) is 32.9 Å². The number of piperidine rings is 1. The molecule has 12 nitrogen and oxygen atoms in total. The highest BCUT2D eigenvalue weighted by Crippen LogP contribution is 2.42. The molecule has 0 unspecified atom stereocenters. The van der Waals surface area contributed by atoms with Crippen LogP contribution in [0.5, 0.6) is 5.75 Å². The number of pyridine rings is 1. The number of ether oxygens (including phenoxy) is 1. The first-order valence-corrected chi connectivity index (χ1v) is 18.9. The number of carbonyl (C=O) groups excluding carboxylic acids is 3. The second kappa shape index (κ2) is 16.0. The Hall–Kier alpha value is -4.56. The summed E-state index contributed by atoms with van der Waals surface area (Å²) in [5.41, 5.74) is 4.51. The molecule has 3 aliphatic rings. The first-order chi connectivity index (χ1) is 26.0. The van der Waals surface area contributed by atoms with Gasteiger partial charge in [-0.3, -0.25) is 24.3 Å². The van der Waals surface area contributed by atoms with Crippen LogP contribution in [-0.4, -0.2) is 87.4 Å². The van der Waals surface area contributed by atoms with E-state index in [0.29, 0.717) is 70.8 Å². The molecule has 0 spiro atoms. The molecular formula is C39H43Cl2FN8O4. The predicted molar refractivity (Wildman–Crippen MR) is 205 cm³/mol. The Bertz CT molecular complexity index is 2100. The van der Waals surface area contributed by atoms with E-state index in [1.807, 2.05) is 16.5 Å². The van der Waals surface area contributed by atoms with Crippen molar-refractivity contribution in [3.63, 3.8) is 0 Å². The van der Waals surface area contributed by atoms with Crippen molar-refractivity contribution in [2.24, 2.45) is 7.05 Å². The molecule has 2 saturated heterocycles. The molecule has 0 saturated carbocycles. The summed E-state index contributed by atoms with van der Waals surface area (Å²) in [6.45, 7) is 5.37. The van der Waals surface area contributed by atoms with Crippen LogP contribution >= 0.6 is 23.2 Å². The smallest absolute Gasteiger partial charge is 0.291 e. The number of rotatable bonds is 10. The van der Waals surface area contributed by atoms with Gasteiger partial charge in [0.1, 0.15) is 11.6 Å². The number of methoxy groups -OCH3 is 1. The van der Waals surface area contributed by atoms with E-state index in [9.17, 15) is 14.4 Å². The van der Waals surface area contributed by atoms with E-state index in [-0.39, 0.29) is 40.4 Å². The van der Waals surface area contributed by atoms with Crippen LogP contribution in [0.4, 0.5) is 10.1 Å². The number of carbonyl (C=O) groups is 3. The van der Waals surface area contributed by atoms with Crippen molar-refractivity contribution in [3.05, 3.63) is 81.2 Å². The average molecular weight is 778 g/mol. The number of halogens is 3. The number of nitrogens with one attached hydrogen (secondary N) is 3. The van der Waals surface area contributed by atoms with Crippen LogP contribution in [0.2, 0.25) is 10.0 Å². The van der Waals surface area contributed by atoms with E-state index in [1.165, 1.54) is 13.2 Å². The first kappa shape index (κ1) is 37.7. The van der Waals surface area contributed by atoms with Crippen LogP contribution in [0.15, 0.2) is 42.6 Å². The maximum absolute atomic E-state index is 15.6. The van der Waals surface area contributed by atoms with Gasteiger partial charge in [-0.15, -0.1) is 0 Å². The highest BCUT2D eigenvalue weighted by atomic mass is 35.5. The highest BCUT2D eigenvalue weighted by molar-refractivity contribution is 6.39. The number of benzene rings is 2. The number of hydrogen-bond acceptors (Lipinski definition) is 8. The fourth-order valence-corrected chi connectivity index (χ4v) is 8.38. The molecule has 284 valence electrons. The summed E-state index contributed by atoms with van der Waals surface area (Å²) in [4.78, 5) is 50.6. The molecule has 2 aromatic heterocycles. The Morgan fingerprint density at radius 3 is 2.56 bits per heavy atom. The standard InChI is InChI=1S/C39H43Cl2FN8O4/c1-22(51)49-14-10-25(11-15-49)50-16-12-32-31(21-50)46-38(48(32)2)39(53)47-30-6-4-5-26(35(30)40)27-9-13-44-37(36(27)41)23-17-29(42)28(33(18-23)54-3)20-43-19-24-7-8-34(52)45-24/h4-6,9,13,17-18,24-25,43H,7-8,10-12,14-16,19-21H2,1-3H3,(H,45,52)(H,47,53)/t24-/m1/s1. The molecule has 3 N–H and O–H groups in total. The molecular weight excluding hydrogens is 734 g/mol. The van der Waals surface area contributed by atoms with Crippen LogP contribution in [0.1, 0.15) is 60.2 Å². The summed E-state index contributed by atoms with van der Waals surface area (Å²) < 4.78 is 23.0. The van der Waals surface area contributed by atoms with Gasteiger partial charge in [-0.25, -0.2) is 9.37 Å². The maximum Gasteiger partial charge on any atom is 0.291 e. The maximum atomic E-state index is 15.6.